The molecule has 0 bridgehead atoms. The Labute approximate surface area is 114 Å². The van der Waals surface area contributed by atoms with Gasteiger partial charge in [-0.1, -0.05) is 30.8 Å². The molecule has 0 fully saturated rings. The molecule has 0 spiro atoms. The third kappa shape index (κ3) is 2.63. The number of pyridine rings is 2. The van der Waals surface area contributed by atoms with Crippen LogP contribution >= 0.6 is 11.6 Å². The molecule has 5 heteroatoms. The van der Waals surface area contributed by atoms with E-state index in [1.807, 2.05) is 0 Å². The van der Waals surface area contributed by atoms with E-state index in [1.165, 1.54) is 18.3 Å². The predicted molar refractivity (Wildman–Crippen MR) is 75.3 cm³/mol. The maximum absolute atomic E-state index is 13.3. The molecule has 0 radical (unpaired) electrons. The monoisotopic (exact) mass is 275 g/mol. The molecule has 0 aliphatic heterocycles. The summed E-state index contributed by atoms with van der Waals surface area (Å²) in [5, 5.41) is 1.33. The molecule has 0 aliphatic rings. The normalized spacial score (nSPS) is 12.1. The predicted octanol–water partition coefficient (Wildman–Crippen LogP) is 1.65. The third-order valence-electron chi connectivity index (χ3n) is 2.57. The second kappa shape index (κ2) is 5.20. The number of aromatic nitrogens is 2. The Hall–Kier alpha value is -2.20. The molecule has 2 rings (SSSR count). The summed E-state index contributed by atoms with van der Waals surface area (Å²) in [5.41, 5.74) is 6.79. The van der Waals surface area contributed by atoms with Crippen molar-refractivity contribution in [3.8, 4) is 0 Å². The molecule has 0 aromatic carbocycles. The molecule has 2 aromatic heterocycles. The number of anilines is 1. The van der Waals surface area contributed by atoms with Crippen LogP contribution in [0.4, 0.5) is 10.2 Å². The van der Waals surface area contributed by atoms with Gasteiger partial charge < -0.3 is 5.73 Å². The number of rotatable bonds is 2. The average molecular weight is 276 g/mol. The minimum absolute atomic E-state index is 0.306. The fraction of sp³-hybridized carbons (Fsp3) is 0. The molecular weight excluding hydrogens is 265 g/mol. The Morgan fingerprint density at radius 2 is 2.16 bits per heavy atom. The molecule has 0 atom stereocenters. The van der Waals surface area contributed by atoms with Crippen molar-refractivity contribution in [3.05, 3.63) is 64.2 Å². The van der Waals surface area contributed by atoms with E-state index in [2.05, 4.69) is 23.1 Å². The van der Waals surface area contributed by atoms with Gasteiger partial charge in [-0.2, -0.15) is 4.39 Å². The molecule has 19 heavy (non-hydrogen) atoms. The minimum Gasteiger partial charge on any atom is -0.384 e. The zero-order valence-electron chi connectivity index (χ0n) is 10.0. The first-order chi connectivity index (χ1) is 9.02. The maximum atomic E-state index is 13.3. The van der Waals surface area contributed by atoms with E-state index < -0.39 is 5.95 Å². The highest BCUT2D eigenvalue weighted by Gasteiger charge is 2.08. The van der Waals surface area contributed by atoms with E-state index >= 15 is 0 Å². The molecule has 96 valence electrons. The number of nitrogens with two attached hydrogens (primary N) is 1. The Morgan fingerprint density at radius 1 is 1.42 bits per heavy atom. The van der Waals surface area contributed by atoms with Crippen molar-refractivity contribution in [2.24, 2.45) is 0 Å². The Balaban J connectivity index is 2.89. The van der Waals surface area contributed by atoms with Crippen molar-refractivity contribution in [1.82, 2.24) is 9.97 Å². The van der Waals surface area contributed by atoms with Gasteiger partial charge in [0, 0.05) is 17.3 Å². The van der Waals surface area contributed by atoms with Gasteiger partial charge in [0.05, 0.1) is 10.4 Å². The fourth-order valence-electron chi connectivity index (χ4n) is 1.69. The van der Waals surface area contributed by atoms with E-state index in [9.17, 15) is 4.39 Å². The van der Waals surface area contributed by atoms with Crippen LogP contribution < -0.4 is 16.3 Å². The Morgan fingerprint density at radius 3 is 2.84 bits per heavy atom. The van der Waals surface area contributed by atoms with Gasteiger partial charge >= 0.3 is 0 Å². The lowest BCUT2D eigenvalue weighted by Crippen LogP contribution is -2.30. The first kappa shape index (κ1) is 13.2. The van der Waals surface area contributed by atoms with Crippen LogP contribution in [0.5, 0.6) is 0 Å². The molecule has 2 aromatic rings. The lowest BCUT2D eigenvalue weighted by molar-refractivity contribution is 0.579. The maximum Gasteiger partial charge on any atom is 0.213 e. The highest BCUT2D eigenvalue weighted by Crippen LogP contribution is 2.23. The highest BCUT2D eigenvalue weighted by molar-refractivity contribution is 6.32. The molecule has 0 saturated carbocycles. The standard InChI is InChI=1S/C14H11ClFN3/c1-3-9(10-6-13(17)18-7-11(10)15)14-8(2)4-5-12(16)19-14/h3-7H,1-2H2,(H2,17,18)/b14-9-. The molecule has 0 unspecified atom stereocenters. The van der Waals surface area contributed by atoms with Crippen molar-refractivity contribution in [2.75, 3.05) is 5.73 Å². The Kier molecular flexibility index (Phi) is 3.62. The number of hydrogen-bond donors (Lipinski definition) is 1. The zero-order valence-corrected chi connectivity index (χ0v) is 10.8. The summed E-state index contributed by atoms with van der Waals surface area (Å²) in [6.07, 6.45) is 2.97. The summed E-state index contributed by atoms with van der Waals surface area (Å²) in [6.45, 7) is 7.53. The largest absolute Gasteiger partial charge is 0.384 e. The second-order valence-corrected chi connectivity index (χ2v) is 4.26. The molecule has 0 aliphatic carbocycles. The van der Waals surface area contributed by atoms with Gasteiger partial charge in [0.1, 0.15) is 5.82 Å². The first-order valence-corrected chi connectivity index (χ1v) is 5.80. The number of halogens is 2. The quantitative estimate of drug-likeness (QED) is 0.848. The third-order valence-corrected chi connectivity index (χ3v) is 2.87. The van der Waals surface area contributed by atoms with Gasteiger partial charge in [0.25, 0.3) is 0 Å². The summed E-state index contributed by atoms with van der Waals surface area (Å²) < 4.78 is 13.3. The van der Waals surface area contributed by atoms with Crippen molar-refractivity contribution in [2.45, 2.75) is 0 Å². The number of hydrogen-bond acceptors (Lipinski definition) is 3. The van der Waals surface area contributed by atoms with Crippen LogP contribution in [0.25, 0.3) is 12.2 Å². The van der Waals surface area contributed by atoms with Crippen LogP contribution in [0.3, 0.4) is 0 Å². The van der Waals surface area contributed by atoms with Crippen molar-refractivity contribution >= 4 is 29.6 Å². The van der Waals surface area contributed by atoms with E-state index in [0.717, 1.165) is 0 Å². The van der Waals surface area contributed by atoms with Gasteiger partial charge in [-0.25, -0.2) is 9.97 Å². The summed E-state index contributed by atoms with van der Waals surface area (Å²) in [5.74, 6) is -0.291. The summed E-state index contributed by atoms with van der Waals surface area (Å²) in [4.78, 5) is 7.71. The van der Waals surface area contributed by atoms with Crippen LogP contribution in [0.1, 0.15) is 5.56 Å². The lowest BCUT2D eigenvalue weighted by Gasteiger charge is -2.06. The zero-order chi connectivity index (χ0) is 14.0. The van der Waals surface area contributed by atoms with E-state index in [4.69, 9.17) is 17.3 Å². The van der Waals surface area contributed by atoms with Gasteiger partial charge in [-0.05, 0) is 23.4 Å². The summed E-state index contributed by atoms with van der Waals surface area (Å²) in [6, 6.07) is 4.38. The minimum atomic E-state index is -0.597. The molecular formula is C14H11ClFN3. The van der Waals surface area contributed by atoms with E-state index in [-0.39, 0.29) is 0 Å². The van der Waals surface area contributed by atoms with Crippen LogP contribution in [0.2, 0.25) is 5.02 Å². The number of nitrogens with zero attached hydrogens (tertiary/aromatic N) is 2. The molecule has 2 heterocycles. The fourth-order valence-corrected chi connectivity index (χ4v) is 1.90. The first-order valence-electron chi connectivity index (χ1n) is 5.42. The van der Waals surface area contributed by atoms with Gasteiger partial charge in [-0.15, -0.1) is 0 Å². The average Bonchev–Trinajstić information content (AvgIpc) is 2.38. The van der Waals surface area contributed by atoms with Crippen molar-refractivity contribution < 1.29 is 4.39 Å². The highest BCUT2D eigenvalue weighted by atomic mass is 35.5. The molecule has 0 amide bonds. The van der Waals surface area contributed by atoms with Gasteiger partial charge in [0.2, 0.25) is 5.95 Å². The lowest BCUT2D eigenvalue weighted by atomic mass is 10.1. The van der Waals surface area contributed by atoms with Crippen LogP contribution in [0.15, 0.2) is 37.1 Å². The van der Waals surface area contributed by atoms with Crippen LogP contribution in [0, 0.1) is 5.95 Å². The van der Waals surface area contributed by atoms with Crippen molar-refractivity contribution in [1.29, 1.82) is 0 Å². The SMILES string of the molecule is C=C/C(c1cc(N)ncc1Cl)=c1/nc(F)ccc1=C. The van der Waals surface area contributed by atoms with Gasteiger partial charge in [-0.3, -0.25) is 0 Å². The van der Waals surface area contributed by atoms with Crippen molar-refractivity contribution in [3.63, 3.8) is 0 Å². The second-order valence-electron chi connectivity index (χ2n) is 3.85. The van der Waals surface area contributed by atoms with E-state index in [1.54, 1.807) is 12.1 Å². The van der Waals surface area contributed by atoms with Gasteiger partial charge in [0.15, 0.2) is 0 Å². The number of allylic oxidation sites excluding steroid dienone is 1. The number of nitrogen functional groups attached to an aromatic ring is 1. The van der Waals surface area contributed by atoms with Crippen LogP contribution in [-0.2, 0) is 0 Å². The topological polar surface area (TPSA) is 51.8 Å². The van der Waals surface area contributed by atoms with Crippen LogP contribution in [-0.4, -0.2) is 9.97 Å². The molecule has 3 nitrogen and oxygen atoms in total. The summed E-state index contributed by atoms with van der Waals surface area (Å²) >= 11 is 6.08. The Bertz CT molecular complexity index is 756. The summed E-state index contributed by atoms with van der Waals surface area (Å²) in [7, 11) is 0. The molecule has 2 N–H and O–H groups in total. The smallest absolute Gasteiger partial charge is 0.213 e. The van der Waals surface area contributed by atoms with E-state index in [0.29, 0.717) is 32.5 Å². The molecule has 0 saturated heterocycles.